The van der Waals surface area contributed by atoms with Gasteiger partial charge >= 0.3 is 15.2 Å². The standard InChI is InChI=1S/C8H13NO7P2.H2O/c1-9-4-2-3-7(6-9)5-8(10,17(11,12)13)18(14,15)16;/h2-4,6,10H,5H2,1H3,(H3-,11,12,13,14,15,16);1H2. The second kappa shape index (κ2) is 5.78. The van der Waals surface area contributed by atoms with E-state index in [1.807, 2.05) is 0 Å². The summed E-state index contributed by atoms with van der Waals surface area (Å²) in [6.07, 6.45) is 2.17. The van der Waals surface area contributed by atoms with Gasteiger partial charge in [0, 0.05) is 18.1 Å². The molecule has 0 atom stereocenters. The van der Waals surface area contributed by atoms with Crippen LogP contribution in [0.4, 0.5) is 0 Å². The Kier molecular flexibility index (Phi) is 5.59. The number of aryl methyl sites for hydroxylation is 1. The van der Waals surface area contributed by atoms with E-state index in [9.17, 15) is 14.2 Å². The highest BCUT2D eigenvalue weighted by Crippen LogP contribution is 2.68. The van der Waals surface area contributed by atoms with Crippen LogP contribution in [-0.4, -0.2) is 35.2 Å². The molecule has 0 fully saturated rings. The van der Waals surface area contributed by atoms with Crippen LogP contribution in [0.1, 0.15) is 5.56 Å². The van der Waals surface area contributed by atoms with E-state index in [2.05, 4.69) is 0 Å². The summed E-state index contributed by atoms with van der Waals surface area (Å²) >= 11 is 0. The third-order valence-corrected chi connectivity index (χ3v) is 6.12. The molecular weight excluding hydrogens is 300 g/mol. The number of hydrogen-bond acceptors (Lipinski definition) is 4. The molecule has 0 aromatic carbocycles. The largest absolute Gasteiger partial charge is 0.870 e. The number of hydrogen-bond donors (Lipinski definition) is 5. The van der Waals surface area contributed by atoms with Crippen molar-refractivity contribution in [3.8, 4) is 0 Å². The fourth-order valence-corrected chi connectivity index (χ4v) is 3.54. The molecule has 1 rings (SSSR count). The first kappa shape index (κ1) is 18.4. The van der Waals surface area contributed by atoms with E-state index in [1.165, 1.54) is 22.9 Å². The van der Waals surface area contributed by atoms with Gasteiger partial charge in [0.1, 0.15) is 7.05 Å². The second-order valence-electron chi connectivity index (χ2n) is 3.92. The molecule has 9 nitrogen and oxygen atoms in total. The molecule has 1 aromatic heterocycles. The molecule has 0 amide bonds. The Labute approximate surface area is 108 Å². The van der Waals surface area contributed by atoms with Crippen molar-refractivity contribution in [1.82, 2.24) is 0 Å². The zero-order valence-electron chi connectivity index (χ0n) is 9.86. The summed E-state index contributed by atoms with van der Waals surface area (Å²) in [4.78, 5) is 35.9. The summed E-state index contributed by atoms with van der Waals surface area (Å²) < 4.78 is 23.8. The van der Waals surface area contributed by atoms with Gasteiger partial charge in [-0.2, -0.15) is 0 Å². The molecule has 19 heavy (non-hydrogen) atoms. The number of aromatic nitrogens is 1. The fraction of sp³-hybridized carbons (Fsp3) is 0.375. The molecule has 0 saturated heterocycles. The first-order valence-electron chi connectivity index (χ1n) is 4.75. The second-order valence-corrected chi connectivity index (χ2v) is 7.93. The van der Waals surface area contributed by atoms with E-state index in [1.54, 1.807) is 13.2 Å². The third kappa shape index (κ3) is 3.92. The lowest BCUT2D eigenvalue weighted by Crippen LogP contribution is -2.33. The minimum absolute atomic E-state index is 0. The Morgan fingerprint density at radius 3 is 2.05 bits per heavy atom. The summed E-state index contributed by atoms with van der Waals surface area (Å²) in [5.41, 5.74) is 0.189. The molecule has 0 radical (unpaired) electrons. The first-order valence-corrected chi connectivity index (χ1v) is 7.98. The maximum absolute atomic E-state index is 11.1. The van der Waals surface area contributed by atoms with Gasteiger partial charge in [0.25, 0.3) is 5.08 Å². The van der Waals surface area contributed by atoms with E-state index < -0.39 is 26.7 Å². The normalized spacial score (nSPS) is 12.9. The van der Waals surface area contributed by atoms with E-state index in [0.717, 1.165) is 0 Å². The summed E-state index contributed by atoms with van der Waals surface area (Å²) in [6, 6.07) is 2.92. The predicted molar refractivity (Wildman–Crippen MR) is 62.3 cm³/mol. The van der Waals surface area contributed by atoms with E-state index >= 15 is 0 Å². The maximum atomic E-state index is 11.1. The van der Waals surface area contributed by atoms with E-state index in [-0.39, 0.29) is 11.0 Å². The Hall–Kier alpha value is -0.630. The molecule has 0 aliphatic heterocycles. The van der Waals surface area contributed by atoms with Crippen LogP contribution in [0.2, 0.25) is 0 Å². The van der Waals surface area contributed by atoms with Crippen molar-refractivity contribution in [2.75, 3.05) is 0 Å². The lowest BCUT2D eigenvalue weighted by Gasteiger charge is -2.28. The van der Waals surface area contributed by atoms with Crippen molar-refractivity contribution in [2.24, 2.45) is 7.05 Å². The highest BCUT2D eigenvalue weighted by atomic mass is 31.2. The van der Waals surface area contributed by atoms with Crippen LogP contribution >= 0.6 is 15.2 Å². The summed E-state index contributed by atoms with van der Waals surface area (Å²) in [6.45, 7) is 0. The highest BCUT2D eigenvalue weighted by molar-refractivity contribution is 7.72. The molecule has 1 heterocycles. The smallest absolute Gasteiger partial charge is 0.369 e. The van der Waals surface area contributed by atoms with Gasteiger partial charge in [-0.1, -0.05) is 0 Å². The first-order chi connectivity index (χ1) is 7.97. The fourth-order valence-electron chi connectivity index (χ4n) is 1.40. The molecule has 0 aliphatic rings. The average molecular weight is 315 g/mol. The molecule has 0 unspecified atom stereocenters. The van der Waals surface area contributed by atoms with Crippen molar-refractivity contribution in [2.45, 2.75) is 11.5 Å². The maximum Gasteiger partial charge on any atom is 0.369 e. The van der Waals surface area contributed by atoms with Gasteiger partial charge in [-0.3, -0.25) is 9.13 Å². The molecule has 0 bridgehead atoms. The zero-order valence-corrected chi connectivity index (χ0v) is 11.6. The Balaban J connectivity index is 0.00000324. The summed E-state index contributed by atoms with van der Waals surface area (Å²) in [7, 11) is -9.19. The minimum Gasteiger partial charge on any atom is -0.870 e. The van der Waals surface area contributed by atoms with Gasteiger partial charge in [-0.05, 0) is 6.07 Å². The van der Waals surface area contributed by atoms with Crippen LogP contribution in [-0.2, 0) is 22.6 Å². The zero-order chi connectivity index (χ0) is 14.2. The van der Waals surface area contributed by atoms with Gasteiger partial charge < -0.3 is 30.2 Å². The topological polar surface area (TPSA) is 169 Å². The van der Waals surface area contributed by atoms with Crippen LogP contribution in [0, 0.1) is 0 Å². The SMILES string of the molecule is C[n+]1cccc(CC(O)(P(=O)(O)O)P(=O)(O)O)c1.[OH-]. The van der Waals surface area contributed by atoms with Crippen LogP contribution < -0.4 is 4.57 Å². The Bertz CT molecular complexity index is 513. The average Bonchev–Trinajstić information content (AvgIpc) is 2.13. The van der Waals surface area contributed by atoms with Crippen molar-refractivity contribution in [3.63, 3.8) is 0 Å². The summed E-state index contributed by atoms with van der Waals surface area (Å²) in [5.74, 6) is 0. The van der Waals surface area contributed by atoms with Gasteiger partial charge in [0.05, 0.1) is 0 Å². The van der Waals surface area contributed by atoms with Crippen molar-refractivity contribution >= 4 is 15.2 Å². The van der Waals surface area contributed by atoms with Crippen LogP contribution in [0.15, 0.2) is 24.5 Å². The molecule has 6 N–H and O–H groups in total. The predicted octanol–water partition coefficient (Wildman–Crippen LogP) is -1.12. The van der Waals surface area contributed by atoms with Gasteiger partial charge in [-0.25, -0.2) is 4.57 Å². The number of pyridine rings is 1. The van der Waals surface area contributed by atoms with E-state index in [0.29, 0.717) is 0 Å². The number of rotatable bonds is 4. The minimum atomic E-state index is -5.41. The van der Waals surface area contributed by atoms with Crippen LogP contribution in [0.3, 0.4) is 0 Å². The molecule has 110 valence electrons. The van der Waals surface area contributed by atoms with Crippen LogP contribution in [0.25, 0.3) is 0 Å². The van der Waals surface area contributed by atoms with Crippen molar-refractivity contribution < 1.29 is 43.9 Å². The highest BCUT2D eigenvalue weighted by Gasteiger charge is 2.59. The van der Waals surface area contributed by atoms with Crippen molar-refractivity contribution in [1.29, 1.82) is 0 Å². The summed E-state index contributed by atoms with van der Waals surface area (Å²) in [5, 5.41) is 6.28. The molecular formula is C8H15NO8P2. The number of nitrogens with zero attached hydrogens (tertiary/aromatic N) is 1. The molecule has 11 heteroatoms. The molecule has 0 spiro atoms. The Morgan fingerprint density at radius 1 is 1.21 bits per heavy atom. The molecule has 0 aliphatic carbocycles. The monoisotopic (exact) mass is 315 g/mol. The van der Waals surface area contributed by atoms with E-state index in [4.69, 9.17) is 19.6 Å². The quantitative estimate of drug-likeness (QED) is 0.343. The molecule has 0 saturated carbocycles. The third-order valence-electron chi connectivity index (χ3n) is 2.38. The van der Waals surface area contributed by atoms with Gasteiger partial charge in [-0.15, -0.1) is 0 Å². The van der Waals surface area contributed by atoms with Crippen LogP contribution in [0.5, 0.6) is 0 Å². The lowest BCUT2D eigenvalue weighted by molar-refractivity contribution is -0.671. The van der Waals surface area contributed by atoms with Gasteiger partial charge in [0.2, 0.25) is 0 Å². The molecule has 1 aromatic rings. The van der Waals surface area contributed by atoms with Gasteiger partial charge in [0.15, 0.2) is 12.4 Å². The lowest BCUT2D eigenvalue weighted by atomic mass is 10.2. The van der Waals surface area contributed by atoms with Crippen molar-refractivity contribution in [3.05, 3.63) is 30.1 Å². The Morgan fingerprint density at radius 2 is 1.68 bits per heavy atom. The number of aliphatic hydroxyl groups is 1.